The molecular formula is C32H51N3O9S2. The maximum absolute atomic E-state index is 12.8. The normalized spacial score (nSPS) is 24.2. The maximum atomic E-state index is 12.8. The van der Waals surface area contributed by atoms with E-state index in [1.54, 1.807) is 21.6 Å². The predicted octanol–water partition coefficient (Wildman–Crippen LogP) is 2.52. The molecule has 2 heterocycles. The Labute approximate surface area is 280 Å². The Hall–Kier alpha value is -1.91. The van der Waals surface area contributed by atoms with Gasteiger partial charge in [-0.2, -0.15) is 0 Å². The minimum atomic E-state index is -1.27. The Morgan fingerprint density at radius 2 is 1.52 bits per heavy atom. The van der Waals surface area contributed by atoms with E-state index in [4.69, 9.17) is 23.7 Å². The van der Waals surface area contributed by atoms with Gasteiger partial charge in [-0.3, -0.25) is 14.4 Å². The largest absolute Gasteiger partial charge is 0.387 e. The first-order chi connectivity index (χ1) is 21.7. The predicted molar refractivity (Wildman–Crippen MR) is 178 cm³/mol. The van der Waals surface area contributed by atoms with E-state index >= 15 is 0 Å². The molecule has 0 spiro atoms. The zero-order chi connectivity index (χ0) is 33.7. The van der Waals surface area contributed by atoms with Gasteiger partial charge in [0.25, 0.3) is 0 Å². The van der Waals surface area contributed by atoms with Crippen LogP contribution in [-0.2, 0) is 44.6 Å². The summed E-state index contributed by atoms with van der Waals surface area (Å²) in [6, 6.07) is 9.47. The molecule has 46 heavy (non-hydrogen) atoms. The number of aliphatic hydroxyl groups excluding tert-OH is 1. The van der Waals surface area contributed by atoms with E-state index in [1.807, 2.05) is 76.8 Å². The van der Waals surface area contributed by atoms with Crippen molar-refractivity contribution >= 4 is 39.3 Å². The molecule has 1 aromatic rings. The van der Waals surface area contributed by atoms with Crippen molar-refractivity contribution in [3.05, 3.63) is 35.9 Å². The highest BCUT2D eigenvalue weighted by Crippen LogP contribution is 2.30. The lowest BCUT2D eigenvalue weighted by atomic mass is 9.98. The molecule has 0 bridgehead atoms. The van der Waals surface area contributed by atoms with Gasteiger partial charge in [-0.15, -0.1) is 0 Å². The first kappa shape index (κ1) is 38.5. The van der Waals surface area contributed by atoms with Gasteiger partial charge in [0.15, 0.2) is 6.29 Å². The van der Waals surface area contributed by atoms with Crippen LogP contribution in [0.4, 0.5) is 0 Å². The summed E-state index contributed by atoms with van der Waals surface area (Å²) in [5.74, 6) is 0.914. The molecule has 1 aromatic carbocycles. The van der Waals surface area contributed by atoms with Crippen LogP contribution >= 0.6 is 21.6 Å². The summed E-state index contributed by atoms with van der Waals surface area (Å²) in [7, 11) is 3.51. The molecule has 14 heteroatoms. The number of nitrogens with zero attached hydrogens (tertiary/aromatic N) is 1. The molecule has 2 saturated heterocycles. The Kier molecular flexibility index (Phi) is 15.6. The van der Waals surface area contributed by atoms with Crippen LogP contribution in [0.5, 0.6) is 0 Å². The van der Waals surface area contributed by atoms with Gasteiger partial charge in [0.1, 0.15) is 37.6 Å². The quantitative estimate of drug-likeness (QED) is 0.249. The highest BCUT2D eigenvalue weighted by atomic mass is 33.1. The number of benzene rings is 1. The van der Waals surface area contributed by atoms with E-state index in [-0.39, 0.29) is 38.0 Å². The fourth-order valence-electron chi connectivity index (χ4n) is 4.65. The van der Waals surface area contributed by atoms with E-state index in [1.165, 1.54) is 0 Å². The molecule has 0 aliphatic carbocycles. The highest BCUT2D eigenvalue weighted by molar-refractivity contribution is 8.76. The molecule has 3 amide bonds. The van der Waals surface area contributed by atoms with E-state index in [9.17, 15) is 19.5 Å². The van der Waals surface area contributed by atoms with Crippen molar-refractivity contribution in [1.29, 1.82) is 0 Å². The van der Waals surface area contributed by atoms with Crippen molar-refractivity contribution in [3.8, 4) is 0 Å². The van der Waals surface area contributed by atoms with Gasteiger partial charge >= 0.3 is 0 Å². The molecular weight excluding hydrogens is 634 g/mol. The maximum Gasteiger partial charge on any atom is 0.246 e. The van der Waals surface area contributed by atoms with E-state index in [2.05, 4.69) is 10.6 Å². The van der Waals surface area contributed by atoms with Crippen LogP contribution in [-0.4, -0.2) is 121 Å². The second-order valence-corrected chi connectivity index (χ2v) is 15.8. The van der Waals surface area contributed by atoms with Crippen molar-refractivity contribution in [3.63, 3.8) is 0 Å². The molecule has 5 unspecified atom stereocenters. The number of nitrogens with one attached hydrogen (secondary N) is 2. The zero-order valence-electron chi connectivity index (χ0n) is 27.8. The Bertz CT molecular complexity index is 1090. The lowest BCUT2D eigenvalue weighted by molar-refractivity contribution is -0.335. The molecule has 0 aromatic heterocycles. The zero-order valence-corrected chi connectivity index (χ0v) is 29.5. The Morgan fingerprint density at radius 3 is 2.13 bits per heavy atom. The molecule has 2 fully saturated rings. The first-order valence-corrected chi connectivity index (χ1v) is 18.2. The molecule has 3 rings (SSSR count). The van der Waals surface area contributed by atoms with Crippen LogP contribution in [0, 0.1) is 0 Å². The van der Waals surface area contributed by atoms with Crippen LogP contribution in [0.1, 0.15) is 53.5 Å². The average Bonchev–Trinajstić information content (AvgIpc) is 3.28. The molecule has 5 atom stereocenters. The molecule has 0 radical (unpaired) electrons. The van der Waals surface area contributed by atoms with Crippen molar-refractivity contribution < 1.29 is 43.2 Å². The second kappa shape index (κ2) is 18.6. The van der Waals surface area contributed by atoms with E-state index < -0.39 is 54.4 Å². The fourth-order valence-corrected chi connectivity index (χ4v) is 6.63. The summed E-state index contributed by atoms with van der Waals surface area (Å²) >= 11 is 0. The number of amides is 3. The SMILES string of the molecule is CC(C)(C)OCC1OC(OC(C)(C)C)C(OCC(=O)NCc2ccccc2)C(OCC(=O)NCCC(=O)N2CCSSCC2)C1O. The van der Waals surface area contributed by atoms with Crippen molar-refractivity contribution in [2.75, 3.05) is 51.0 Å². The summed E-state index contributed by atoms with van der Waals surface area (Å²) in [5.41, 5.74) is -0.258. The third-order valence-electron chi connectivity index (χ3n) is 6.90. The minimum Gasteiger partial charge on any atom is -0.387 e. The third kappa shape index (κ3) is 14.1. The summed E-state index contributed by atoms with van der Waals surface area (Å²) in [6.07, 6.45) is -5.17. The number of ether oxygens (including phenoxy) is 5. The number of rotatable bonds is 14. The smallest absolute Gasteiger partial charge is 0.246 e. The van der Waals surface area contributed by atoms with E-state index in [0.717, 1.165) is 17.1 Å². The van der Waals surface area contributed by atoms with Gasteiger partial charge in [-0.05, 0) is 47.1 Å². The second-order valence-electron chi connectivity index (χ2n) is 13.1. The Balaban J connectivity index is 1.66. The van der Waals surface area contributed by atoms with Crippen LogP contribution in [0.15, 0.2) is 30.3 Å². The lowest BCUT2D eigenvalue weighted by Crippen LogP contribution is -2.63. The van der Waals surface area contributed by atoms with Crippen molar-refractivity contribution in [2.45, 2.75) is 96.4 Å². The van der Waals surface area contributed by atoms with Crippen LogP contribution in [0.2, 0.25) is 0 Å². The van der Waals surface area contributed by atoms with Gasteiger partial charge in [0, 0.05) is 44.1 Å². The summed E-state index contributed by atoms with van der Waals surface area (Å²) < 4.78 is 30.3. The number of hydrogen-bond acceptors (Lipinski definition) is 11. The monoisotopic (exact) mass is 685 g/mol. The molecule has 0 saturated carbocycles. The standard InChI is InChI=1S/C32H51N3O9S2/c1-31(2,3)42-19-23-27(39)28(40-20-24(36)33-13-12-26(38)35-14-16-45-46-17-15-35)29(30(43-23)44-32(4,5)6)41-21-25(37)34-18-22-10-8-7-9-11-22/h7-11,23,27-30,39H,12-21H2,1-6H3,(H,33,36)(H,34,37). The van der Waals surface area contributed by atoms with Gasteiger partial charge in [0.05, 0.1) is 17.8 Å². The van der Waals surface area contributed by atoms with Gasteiger partial charge in [0.2, 0.25) is 17.7 Å². The fraction of sp³-hybridized carbons (Fsp3) is 0.719. The summed E-state index contributed by atoms with van der Waals surface area (Å²) in [6.45, 7) is 12.3. The van der Waals surface area contributed by atoms with Gasteiger partial charge in [-0.25, -0.2) is 0 Å². The number of hydrogen-bond donors (Lipinski definition) is 3. The molecule has 2 aliphatic rings. The van der Waals surface area contributed by atoms with Crippen LogP contribution < -0.4 is 10.6 Å². The topological polar surface area (TPSA) is 145 Å². The molecule has 260 valence electrons. The average molecular weight is 686 g/mol. The molecule has 12 nitrogen and oxygen atoms in total. The Morgan fingerprint density at radius 1 is 0.913 bits per heavy atom. The van der Waals surface area contributed by atoms with Crippen LogP contribution in [0.3, 0.4) is 0 Å². The third-order valence-corrected chi connectivity index (χ3v) is 9.27. The summed E-state index contributed by atoms with van der Waals surface area (Å²) in [4.78, 5) is 40.0. The number of carbonyl (C=O) groups is 3. The van der Waals surface area contributed by atoms with Gasteiger partial charge < -0.3 is 44.3 Å². The number of aliphatic hydroxyl groups is 1. The van der Waals surface area contributed by atoms with Crippen molar-refractivity contribution in [2.24, 2.45) is 0 Å². The number of carbonyl (C=O) groups excluding carboxylic acids is 3. The minimum absolute atomic E-state index is 0.00737. The first-order valence-electron chi connectivity index (χ1n) is 15.7. The highest BCUT2D eigenvalue weighted by Gasteiger charge is 2.49. The lowest BCUT2D eigenvalue weighted by Gasteiger charge is -2.46. The van der Waals surface area contributed by atoms with E-state index in [0.29, 0.717) is 19.6 Å². The van der Waals surface area contributed by atoms with Gasteiger partial charge in [-0.1, -0.05) is 51.9 Å². The van der Waals surface area contributed by atoms with Crippen LogP contribution in [0.25, 0.3) is 0 Å². The molecule has 3 N–H and O–H groups in total. The molecule has 2 aliphatic heterocycles. The van der Waals surface area contributed by atoms with Crippen molar-refractivity contribution in [1.82, 2.24) is 15.5 Å². The summed E-state index contributed by atoms with van der Waals surface area (Å²) in [5, 5.41) is 17.0.